The number of benzene rings is 2. The monoisotopic (exact) mass is 529 g/mol. The molecule has 3 aromatic rings. The lowest BCUT2D eigenvalue weighted by Crippen LogP contribution is -3.04. The molecule has 10 nitrogen and oxygen atoms in total. The number of aryl methyl sites for hydroxylation is 1. The average molecular weight is 530 g/mol. The molecule has 2 aromatic carbocycles. The molecule has 0 saturated heterocycles. The van der Waals surface area contributed by atoms with E-state index in [1.165, 1.54) is 24.4 Å². The van der Waals surface area contributed by atoms with Crippen LogP contribution < -0.4 is 9.37 Å². The lowest BCUT2D eigenvalue weighted by Gasteiger charge is -2.29. The number of carbonyl (C=O) groups excluding carboxylic acids is 2. The van der Waals surface area contributed by atoms with Crippen LogP contribution in [-0.2, 0) is 19.5 Å². The van der Waals surface area contributed by atoms with Crippen LogP contribution in [-0.4, -0.2) is 36.8 Å². The summed E-state index contributed by atoms with van der Waals surface area (Å²) >= 11 is 0. The zero-order chi connectivity index (χ0) is 27.8. The first-order valence-corrected chi connectivity index (χ1v) is 13.0. The largest absolute Gasteiger partial charge is 0.612 e. The number of quaternary nitrogens is 1. The van der Waals surface area contributed by atoms with Crippen molar-refractivity contribution in [2.45, 2.75) is 64.6 Å². The second kappa shape index (κ2) is 10.1. The number of aromatic nitrogens is 1. The van der Waals surface area contributed by atoms with Gasteiger partial charge in [-0.2, -0.15) is 13.3 Å². The topological polar surface area (TPSA) is 130 Å². The Morgan fingerprint density at radius 2 is 1.46 bits per heavy atom. The van der Waals surface area contributed by atoms with Crippen LogP contribution in [0, 0.1) is 12.1 Å². The van der Waals surface area contributed by atoms with Crippen molar-refractivity contribution in [1.82, 2.24) is 4.98 Å². The number of rotatable bonds is 4. The SMILES string of the molecule is Cc1ccc(S(=O)(=O)[NH+]([O-])c2cc(N(C(=O)OC(C)(C)C)C(=O)OC(C)(C)C)cc3cccnc23)cc1. The predicted molar refractivity (Wildman–Crippen MR) is 139 cm³/mol. The molecule has 1 unspecified atom stereocenters. The van der Waals surface area contributed by atoms with E-state index in [1.54, 1.807) is 72.7 Å². The summed E-state index contributed by atoms with van der Waals surface area (Å²) in [4.78, 5) is 30.9. The third kappa shape index (κ3) is 6.62. The van der Waals surface area contributed by atoms with E-state index in [4.69, 9.17) is 9.47 Å². The summed E-state index contributed by atoms with van der Waals surface area (Å²) in [6.07, 6.45) is -0.689. The maximum absolute atomic E-state index is 13.5. The van der Waals surface area contributed by atoms with E-state index in [9.17, 15) is 23.2 Å². The minimum Gasteiger partial charge on any atom is -0.612 e. The van der Waals surface area contributed by atoms with Crippen molar-refractivity contribution in [2.75, 3.05) is 4.90 Å². The Morgan fingerprint density at radius 1 is 0.919 bits per heavy atom. The highest BCUT2D eigenvalue weighted by Gasteiger charge is 2.35. The molecule has 0 saturated carbocycles. The number of anilines is 1. The number of carbonyl (C=O) groups is 2. The standard InChI is InChI=1S/C26H31N3O7S/c1-17-10-12-20(13-11-17)37(33,34)29(32)21-16-19(15-18-9-8-14-27-22(18)21)28(23(30)35-25(2,3)4)24(31)36-26(5,6)7/h8-16,29H,1-7H3. The number of imide groups is 1. The third-order valence-electron chi connectivity index (χ3n) is 4.90. The lowest BCUT2D eigenvalue weighted by molar-refractivity contribution is -0.623. The molecule has 0 aliphatic rings. The molecule has 0 aliphatic carbocycles. The predicted octanol–water partition coefficient (Wildman–Crippen LogP) is 4.62. The van der Waals surface area contributed by atoms with Crippen molar-refractivity contribution in [3.05, 3.63) is 65.5 Å². The number of amides is 2. The summed E-state index contributed by atoms with van der Waals surface area (Å²) in [7, 11) is -4.47. The molecular weight excluding hydrogens is 498 g/mol. The van der Waals surface area contributed by atoms with Crippen molar-refractivity contribution in [3.63, 3.8) is 0 Å². The molecule has 0 fully saturated rings. The van der Waals surface area contributed by atoms with E-state index < -0.39 is 37.9 Å². The highest BCUT2D eigenvalue weighted by molar-refractivity contribution is 7.85. The first-order chi connectivity index (χ1) is 17.0. The quantitative estimate of drug-likeness (QED) is 0.485. The number of hydrogen-bond donors (Lipinski definition) is 1. The van der Waals surface area contributed by atoms with Gasteiger partial charge in [-0.3, -0.25) is 0 Å². The van der Waals surface area contributed by atoms with Gasteiger partial charge in [0.25, 0.3) is 0 Å². The highest BCUT2D eigenvalue weighted by atomic mass is 32.2. The molecule has 1 N–H and O–H groups in total. The number of nitrogens with zero attached hydrogens (tertiary/aromatic N) is 2. The van der Waals surface area contributed by atoms with Crippen LogP contribution in [0.25, 0.3) is 10.9 Å². The highest BCUT2D eigenvalue weighted by Crippen LogP contribution is 2.30. The molecular formula is C26H31N3O7S. The van der Waals surface area contributed by atoms with Gasteiger partial charge in [0.1, 0.15) is 21.6 Å². The minimum atomic E-state index is -4.47. The molecule has 198 valence electrons. The molecule has 0 radical (unpaired) electrons. The molecule has 2 amide bonds. The average Bonchev–Trinajstić information content (AvgIpc) is 2.76. The Labute approximate surface area is 216 Å². The Hall–Kier alpha value is -3.54. The molecule has 0 aliphatic heterocycles. The Bertz CT molecular complexity index is 1400. The van der Waals surface area contributed by atoms with E-state index in [0.717, 1.165) is 11.6 Å². The fourth-order valence-electron chi connectivity index (χ4n) is 3.33. The van der Waals surface area contributed by atoms with Gasteiger partial charge in [-0.25, -0.2) is 19.0 Å². The number of sulfonamides is 1. The molecule has 1 aromatic heterocycles. The van der Waals surface area contributed by atoms with Gasteiger partial charge < -0.3 is 14.7 Å². The molecule has 1 atom stereocenters. The van der Waals surface area contributed by atoms with Gasteiger partial charge in [0.2, 0.25) is 0 Å². The Balaban J connectivity index is 2.22. The van der Waals surface area contributed by atoms with Crippen molar-refractivity contribution in [1.29, 1.82) is 0 Å². The Morgan fingerprint density at radius 3 is 1.97 bits per heavy atom. The molecule has 3 rings (SSSR count). The van der Waals surface area contributed by atoms with Gasteiger partial charge in [-0.15, -0.1) is 0 Å². The summed E-state index contributed by atoms with van der Waals surface area (Å²) < 4.78 is 36.1. The number of hydrogen-bond acceptors (Lipinski definition) is 8. The van der Waals surface area contributed by atoms with Gasteiger partial charge in [0.05, 0.1) is 5.69 Å². The van der Waals surface area contributed by atoms with E-state index in [-0.39, 0.29) is 21.8 Å². The Kier molecular flexibility index (Phi) is 7.64. The summed E-state index contributed by atoms with van der Waals surface area (Å²) in [6, 6.07) is 11.6. The van der Waals surface area contributed by atoms with Crippen LogP contribution in [0.15, 0.2) is 59.6 Å². The van der Waals surface area contributed by atoms with E-state index in [2.05, 4.69) is 4.98 Å². The van der Waals surface area contributed by atoms with E-state index in [0.29, 0.717) is 10.3 Å². The van der Waals surface area contributed by atoms with Crippen LogP contribution in [0.4, 0.5) is 21.0 Å². The van der Waals surface area contributed by atoms with Gasteiger partial charge >= 0.3 is 22.2 Å². The van der Waals surface area contributed by atoms with Gasteiger partial charge in [0.15, 0.2) is 5.69 Å². The number of pyridine rings is 1. The smallest absolute Gasteiger partial charge is 0.424 e. The summed E-state index contributed by atoms with van der Waals surface area (Å²) in [5.41, 5.74) is -1.39. The van der Waals surface area contributed by atoms with Crippen molar-refractivity contribution in [3.8, 4) is 0 Å². The summed E-state index contributed by atoms with van der Waals surface area (Å²) in [6.45, 7) is 11.6. The first kappa shape index (κ1) is 28.0. The fraction of sp³-hybridized carbons (Fsp3) is 0.346. The number of nitrogens with one attached hydrogen (secondary N) is 1. The van der Waals surface area contributed by atoms with Crippen LogP contribution in [0.2, 0.25) is 0 Å². The third-order valence-corrected chi connectivity index (χ3v) is 6.50. The maximum atomic E-state index is 13.5. The fourth-order valence-corrected chi connectivity index (χ4v) is 4.48. The maximum Gasteiger partial charge on any atom is 0.424 e. The van der Waals surface area contributed by atoms with Gasteiger partial charge in [-0.05, 0) is 72.7 Å². The van der Waals surface area contributed by atoms with Gasteiger partial charge in [0, 0.05) is 17.6 Å². The summed E-state index contributed by atoms with van der Waals surface area (Å²) in [5.74, 6) is 0. The molecule has 11 heteroatoms. The van der Waals surface area contributed by atoms with Crippen LogP contribution in [0.5, 0.6) is 0 Å². The molecule has 37 heavy (non-hydrogen) atoms. The van der Waals surface area contributed by atoms with Crippen molar-refractivity contribution >= 4 is 44.5 Å². The van der Waals surface area contributed by atoms with Crippen molar-refractivity contribution in [2.24, 2.45) is 0 Å². The normalized spacial score (nSPS) is 13.2. The lowest BCUT2D eigenvalue weighted by atomic mass is 10.1. The number of fused-ring (bicyclic) bond motifs is 1. The number of ether oxygens (including phenoxy) is 2. The van der Waals surface area contributed by atoms with Crippen LogP contribution >= 0.6 is 0 Å². The minimum absolute atomic E-state index is 0.0975. The van der Waals surface area contributed by atoms with Gasteiger partial charge in [-0.1, -0.05) is 23.8 Å². The summed E-state index contributed by atoms with van der Waals surface area (Å²) in [5, 5.41) is 13.8. The van der Waals surface area contributed by atoms with E-state index >= 15 is 0 Å². The molecule has 1 heterocycles. The first-order valence-electron chi connectivity index (χ1n) is 11.5. The van der Waals surface area contributed by atoms with Crippen LogP contribution in [0.1, 0.15) is 47.1 Å². The molecule has 0 spiro atoms. The zero-order valence-electron chi connectivity index (χ0n) is 21.9. The second-order valence-corrected chi connectivity index (χ2v) is 12.3. The van der Waals surface area contributed by atoms with Crippen molar-refractivity contribution < 1.29 is 31.9 Å². The van der Waals surface area contributed by atoms with Crippen LogP contribution in [0.3, 0.4) is 0 Å². The van der Waals surface area contributed by atoms with E-state index in [1.807, 2.05) is 0 Å². The zero-order valence-corrected chi connectivity index (χ0v) is 22.7. The second-order valence-electron chi connectivity index (χ2n) is 10.5. The molecule has 0 bridgehead atoms.